The second-order valence-electron chi connectivity index (χ2n) is 11.6. The second kappa shape index (κ2) is 5.04. The third-order valence-electron chi connectivity index (χ3n) is 10.4. The number of hydrogen-bond acceptors (Lipinski definition) is 1. The summed E-state index contributed by atoms with van der Waals surface area (Å²) >= 11 is 0. The molecule has 6 saturated carbocycles. The number of hydrogen-bond donors (Lipinski definition) is 0. The number of nitrogens with zero attached hydrogens (tertiary/aromatic N) is 2. The normalized spacial score (nSPS) is 52.2. The lowest BCUT2D eigenvalue weighted by Gasteiger charge is -2.61. The van der Waals surface area contributed by atoms with E-state index in [1.54, 1.807) is 0 Å². The molecule has 0 aromatic heterocycles. The maximum absolute atomic E-state index is 2.76. The number of rotatable bonds is 2. The molecule has 2 heteroatoms. The molecule has 0 aromatic rings. The third kappa shape index (κ3) is 2.06. The largest absolute Gasteiger partial charge is 0.261 e. The fourth-order valence-corrected chi connectivity index (χ4v) is 8.16. The van der Waals surface area contributed by atoms with Gasteiger partial charge in [-0.1, -0.05) is 41.5 Å². The van der Waals surface area contributed by atoms with Gasteiger partial charge in [-0.05, 0) is 72.0 Å². The van der Waals surface area contributed by atoms with E-state index in [0.717, 1.165) is 47.6 Å². The van der Waals surface area contributed by atoms with E-state index < -0.39 is 0 Å². The molecule has 0 saturated heterocycles. The third-order valence-corrected chi connectivity index (χ3v) is 10.4. The van der Waals surface area contributed by atoms with Gasteiger partial charge in [-0.3, -0.25) is 9.48 Å². The highest BCUT2D eigenvalue weighted by Gasteiger charge is 2.60. The quantitative estimate of drug-likeness (QED) is 0.670. The highest BCUT2D eigenvalue weighted by molar-refractivity contribution is 5.51. The molecule has 4 bridgehead atoms. The summed E-state index contributed by atoms with van der Waals surface area (Å²) < 4.78 is 2.76. The van der Waals surface area contributed by atoms with Gasteiger partial charge in [0.25, 0.3) is 0 Å². The highest BCUT2D eigenvalue weighted by Crippen LogP contribution is 2.63. The van der Waals surface area contributed by atoms with E-state index in [9.17, 15) is 0 Å². The first-order valence-corrected chi connectivity index (χ1v) is 11.1. The monoisotopic (exact) mass is 343 g/mol. The van der Waals surface area contributed by atoms with E-state index in [1.807, 2.05) is 0 Å². The lowest BCUT2D eigenvalue weighted by Crippen LogP contribution is -2.60. The van der Waals surface area contributed by atoms with Crippen LogP contribution >= 0.6 is 0 Å². The van der Waals surface area contributed by atoms with Crippen LogP contribution in [0.1, 0.15) is 67.2 Å². The molecule has 7 aliphatic rings. The van der Waals surface area contributed by atoms with Crippen LogP contribution in [0.3, 0.4) is 0 Å². The van der Waals surface area contributed by atoms with Gasteiger partial charge in [0.05, 0.1) is 12.1 Å². The van der Waals surface area contributed by atoms with E-state index >= 15 is 0 Å². The first-order chi connectivity index (χ1) is 11.7. The first-order valence-electron chi connectivity index (χ1n) is 11.1. The predicted octanol–water partition coefficient (Wildman–Crippen LogP) is 4.48. The molecule has 0 amide bonds. The minimum absolute atomic E-state index is 0.611. The molecule has 1 unspecified atom stereocenters. The van der Waals surface area contributed by atoms with Crippen LogP contribution in [0, 0.1) is 46.3 Å². The lowest BCUT2D eigenvalue weighted by atomic mass is 9.44. The lowest BCUT2D eigenvalue weighted by molar-refractivity contribution is -0.576. The van der Waals surface area contributed by atoms with Crippen LogP contribution in [-0.2, 0) is 0 Å². The Morgan fingerprint density at radius 2 is 1.44 bits per heavy atom. The van der Waals surface area contributed by atoms with Crippen LogP contribution in [-0.4, -0.2) is 41.0 Å². The SMILES string of the molecule is C[C@H]1[C@H]([N+]2=CN(C3C[C@@H]4C[C@H]([C@H]3C)C4(C)C)CC2)C[C@@H]2C[C@H]1C2(C)C. The van der Waals surface area contributed by atoms with Gasteiger partial charge in [-0.15, -0.1) is 0 Å². The minimum atomic E-state index is 0.611. The summed E-state index contributed by atoms with van der Waals surface area (Å²) in [5.41, 5.74) is 1.22. The smallest absolute Gasteiger partial charge is 0.234 e. The topological polar surface area (TPSA) is 6.25 Å². The maximum atomic E-state index is 2.76. The minimum Gasteiger partial charge on any atom is -0.261 e. The average molecular weight is 344 g/mol. The Hall–Kier alpha value is -0.530. The molecule has 0 radical (unpaired) electrons. The Balaban J connectivity index is 1.31. The standard InChI is InChI=1S/C23H39N2/c1-14-18-9-16(22(18,3)4)11-20(14)24-7-8-25(13-24)21-12-17-10-19(15(21)2)23(17,5)6/h13-21H,7-12H2,1-6H3/q+1/t14-,15-,16+,17+,18-,19-,20-,21?/m1/s1. The van der Waals surface area contributed by atoms with Crippen molar-refractivity contribution in [3.05, 3.63) is 0 Å². The molecule has 7 rings (SSSR count). The van der Waals surface area contributed by atoms with Gasteiger partial charge in [-0.25, -0.2) is 0 Å². The Kier molecular flexibility index (Phi) is 3.36. The van der Waals surface area contributed by atoms with Gasteiger partial charge in [0.15, 0.2) is 0 Å². The fourth-order valence-electron chi connectivity index (χ4n) is 8.16. The van der Waals surface area contributed by atoms with E-state index in [2.05, 4.69) is 57.4 Å². The molecule has 1 aliphatic heterocycles. The van der Waals surface area contributed by atoms with Crippen LogP contribution in [0.2, 0.25) is 0 Å². The molecule has 6 aliphatic carbocycles. The zero-order chi connectivity index (χ0) is 17.7. The molecule has 25 heavy (non-hydrogen) atoms. The van der Waals surface area contributed by atoms with Crippen molar-refractivity contribution in [2.45, 2.75) is 79.3 Å². The highest BCUT2D eigenvalue weighted by atomic mass is 15.3. The maximum Gasteiger partial charge on any atom is 0.234 e. The molecule has 0 N–H and O–H groups in total. The van der Waals surface area contributed by atoms with Crippen LogP contribution in [0.4, 0.5) is 0 Å². The average Bonchev–Trinajstić information content (AvgIpc) is 3.03. The van der Waals surface area contributed by atoms with Crippen molar-refractivity contribution in [2.75, 3.05) is 13.1 Å². The van der Waals surface area contributed by atoms with E-state index in [0.29, 0.717) is 10.8 Å². The van der Waals surface area contributed by atoms with Crippen molar-refractivity contribution in [1.82, 2.24) is 4.90 Å². The Morgan fingerprint density at radius 1 is 0.840 bits per heavy atom. The van der Waals surface area contributed by atoms with Crippen molar-refractivity contribution in [1.29, 1.82) is 0 Å². The van der Waals surface area contributed by atoms with E-state index in [4.69, 9.17) is 0 Å². The molecule has 6 fully saturated rings. The predicted molar refractivity (Wildman–Crippen MR) is 104 cm³/mol. The fraction of sp³-hybridized carbons (Fsp3) is 0.957. The summed E-state index contributed by atoms with van der Waals surface area (Å²) in [7, 11) is 0. The van der Waals surface area contributed by atoms with Crippen molar-refractivity contribution in [2.24, 2.45) is 46.3 Å². The molecule has 2 nitrogen and oxygen atoms in total. The molecule has 0 spiro atoms. The molecular formula is C23H39N2+. The zero-order valence-corrected chi connectivity index (χ0v) is 17.3. The molecule has 0 aromatic carbocycles. The van der Waals surface area contributed by atoms with Crippen molar-refractivity contribution >= 4 is 6.34 Å². The van der Waals surface area contributed by atoms with Gasteiger partial charge in [0.1, 0.15) is 13.1 Å². The summed E-state index contributed by atoms with van der Waals surface area (Å²) in [6.07, 6.45) is 8.46. The van der Waals surface area contributed by atoms with Crippen molar-refractivity contribution in [3.8, 4) is 0 Å². The molecule has 8 atom stereocenters. The van der Waals surface area contributed by atoms with Gasteiger partial charge in [0, 0.05) is 0 Å². The first kappa shape index (κ1) is 16.6. The summed E-state index contributed by atoms with van der Waals surface area (Å²) in [4.78, 5) is 2.76. The van der Waals surface area contributed by atoms with Crippen LogP contribution in [0.25, 0.3) is 0 Å². The van der Waals surface area contributed by atoms with Gasteiger partial charge < -0.3 is 0 Å². The molecule has 1 heterocycles. The van der Waals surface area contributed by atoms with Crippen LogP contribution in [0.15, 0.2) is 0 Å². The van der Waals surface area contributed by atoms with Gasteiger partial charge >= 0.3 is 0 Å². The Labute approximate surface area is 155 Å². The van der Waals surface area contributed by atoms with Crippen molar-refractivity contribution < 1.29 is 4.58 Å². The summed E-state index contributed by atoms with van der Waals surface area (Å²) in [5.74, 6) is 5.60. The Bertz CT molecular complexity index is 603. The van der Waals surface area contributed by atoms with Crippen molar-refractivity contribution in [3.63, 3.8) is 0 Å². The Morgan fingerprint density at radius 3 is 2.00 bits per heavy atom. The zero-order valence-electron chi connectivity index (χ0n) is 17.3. The second-order valence-corrected chi connectivity index (χ2v) is 11.6. The van der Waals surface area contributed by atoms with E-state index in [-0.39, 0.29) is 0 Å². The van der Waals surface area contributed by atoms with Gasteiger partial charge in [0.2, 0.25) is 6.34 Å². The van der Waals surface area contributed by atoms with E-state index in [1.165, 1.54) is 38.8 Å². The molecular weight excluding hydrogens is 304 g/mol. The van der Waals surface area contributed by atoms with Crippen LogP contribution < -0.4 is 0 Å². The summed E-state index contributed by atoms with van der Waals surface area (Å²) in [6.45, 7) is 17.7. The summed E-state index contributed by atoms with van der Waals surface area (Å²) in [6, 6.07) is 1.62. The van der Waals surface area contributed by atoms with Gasteiger partial charge in [-0.2, -0.15) is 0 Å². The van der Waals surface area contributed by atoms with Crippen LogP contribution in [0.5, 0.6) is 0 Å². The summed E-state index contributed by atoms with van der Waals surface area (Å²) in [5, 5.41) is 0. The molecule has 140 valence electrons. The number of fused-ring (bicyclic) bond motifs is 4.